The van der Waals surface area contributed by atoms with Crippen LogP contribution in [0, 0.1) is 0 Å². The van der Waals surface area contributed by atoms with E-state index in [0.717, 1.165) is 0 Å². The van der Waals surface area contributed by atoms with Gasteiger partial charge >= 0.3 is 12.0 Å². The van der Waals surface area contributed by atoms with Crippen LogP contribution in [0.5, 0.6) is 0 Å². The van der Waals surface area contributed by atoms with Crippen LogP contribution in [0.4, 0.5) is 4.79 Å². The van der Waals surface area contributed by atoms with Crippen molar-refractivity contribution in [2.75, 3.05) is 6.54 Å². The van der Waals surface area contributed by atoms with Gasteiger partial charge in [-0.1, -0.05) is 0 Å². The molecular weight excluding hydrogens is 302 g/mol. The van der Waals surface area contributed by atoms with Crippen LogP contribution in [0.25, 0.3) is 0 Å². The van der Waals surface area contributed by atoms with Gasteiger partial charge in [-0.3, -0.25) is 25.3 Å². The fourth-order valence-corrected chi connectivity index (χ4v) is 2.25. The van der Waals surface area contributed by atoms with Crippen molar-refractivity contribution in [3.05, 3.63) is 24.2 Å². The number of hydrazine groups is 1. The van der Waals surface area contributed by atoms with Crippen molar-refractivity contribution in [3.63, 3.8) is 0 Å². The predicted molar refractivity (Wildman–Crippen MR) is 80.3 cm³/mol. The van der Waals surface area contributed by atoms with Crippen molar-refractivity contribution < 1.29 is 23.5 Å². The van der Waals surface area contributed by atoms with Gasteiger partial charge in [0.05, 0.1) is 6.26 Å². The van der Waals surface area contributed by atoms with E-state index in [9.17, 15) is 14.4 Å². The number of rotatable bonds is 2. The lowest BCUT2D eigenvalue weighted by Crippen LogP contribution is -2.52. The van der Waals surface area contributed by atoms with Crippen LogP contribution in [-0.4, -0.2) is 41.0 Å². The third kappa shape index (κ3) is 4.48. The minimum atomic E-state index is -0.665. The van der Waals surface area contributed by atoms with E-state index in [1.165, 1.54) is 17.2 Å². The molecule has 3 amide bonds. The summed E-state index contributed by atoms with van der Waals surface area (Å²) in [6.45, 7) is 5.73. The Balaban J connectivity index is 1.90. The molecule has 2 heterocycles. The highest BCUT2D eigenvalue weighted by Gasteiger charge is 2.36. The molecule has 126 valence electrons. The fourth-order valence-electron chi connectivity index (χ4n) is 2.25. The molecule has 0 radical (unpaired) electrons. The second-order valence-electron chi connectivity index (χ2n) is 6.25. The van der Waals surface area contributed by atoms with Gasteiger partial charge in [-0.05, 0) is 45.7 Å². The lowest BCUT2D eigenvalue weighted by Gasteiger charge is -2.27. The molecule has 1 saturated heterocycles. The topological polar surface area (TPSA) is 101 Å². The summed E-state index contributed by atoms with van der Waals surface area (Å²) in [5.41, 5.74) is 3.94. The van der Waals surface area contributed by atoms with E-state index in [1.54, 1.807) is 26.8 Å². The van der Waals surface area contributed by atoms with E-state index in [1.807, 2.05) is 0 Å². The molecular formula is C15H21N3O5. The van der Waals surface area contributed by atoms with Crippen molar-refractivity contribution in [3.8, 4) is 0 Å². The van der Waals surface area contributed by atoms with Crippen LogP contribution in [-0.2, 0) is 9.53 Å². The maximum atomic E-state index is 12.2. The van der Waals surface area contributed by atoms with Gasteiger partial charge in [0.15, 0.2) is 5.76 Å². The van der Waals surface area contributed by atoms with Gasteiger partial charge in [-0.15, -0.1) is 0 Å². The Labute approximate surface area is 134 Å². The summed E-state index contributed by atoms with van der Waals surface area (Å²) in [6.07, 6.45) is 2.04. The second kappa shape index (κ2) is 6.72. The summed E-state index contributed by atoms with van der Waals surface area (Å²) < 4.78 is 10.2. The average Bonchev–Trinajstić information content (AvgIpc) is 3.12. The molecule has 23 heavy (non-hydrogen) atoms. The Morgan fingerprint density at radius 1 is 1.30 bits per heavy atom. The maximum Gasteiger partial charge on any atom is 0.410 e. The highest BCUT2D eigenvalue weighted by atomic mass is 16.6. The number of amides is 3. The zero-order chi connectivity index (χ0) is 17.0. The first kappa shape index (κ1) is 16.9. The Bertz CT molecular complexity index is 576. The van der Waals surface area contributed by atoms with Gasteiger partial charge < -0.3 is 9.15 Å². The van der Waals surface area contributed by atoms with Crippen molar-refractivity contribution >= 4 is 17.9 Å². The van der Waals surface area contributed by atoms with Crippen LogP contribution in [0.1, 0.15) is 44.2 Å². The van der Waals surface area contributed by atoms with Crippen molar-refractivity contribution in [2.24, 2.45) is 0 Å². The normalized spacial score (nSPS) is 17.7. The molecule has 2 N–H and O–H groups in total. The molecule has 2 rings (SSSR count). The Hall–Kier alpha value is -2.51. The number of hydrogen-bond donors (Lipinski definition) is 2. The first-order chi connectivity index (χ1) is 10.8. The van der Waals surface area contributed by atoms with Gasteiger partial charge in [0.25, 0.3) is 5.91 Å². The molecule has 1 fully saturated rings. The quantitative estimate of drug-likeness (QED) is 0.802. The molecule has 0 spiro atoms. The van der Waals surface area contributed by atoms with E-state index in [0.29, 0.717) is 19.4 Å². The SMILES string of the molecule is CC(C)(C)OC(=O)N1CCC[C@H]1C(=O)NNC(=O)c1ccco1. The molecule has 1 aromatic heterocycles. The van der Waals surface area contributed by atoms with Crippen LogP contribution in [0.15, 0.2) is 22.8 Å². The van der Waals surface area contributed by atoms with Gasteiger partial charge in [-0.25, -0.2) is 4.79 Å². The molecule has 0 unspecified atom stereocenters. The number of likely N-dealkylation sites (tertiary alicyclic amines) is 1. The standard InChI is InChI=1S/C15H21N3O5/c1-15(2,3)23-14(21)18-8-4-6-10(18)12(19)16-17-13(20)11-7-5-9-22-11/h5,7,9-10H,4,6,8H2,1-3H3,(H,16,19)(H,17,20)/t10-/m0/s1. The first-order valence-electron chi connectivity index (χ1n) is 7.41. The van der Waals surface area contributed by atoms with Crippen LogP contribution >= 0.6 is 0 Å². The molecule has 1 aliphatic rings. The summed E-state index contributed by atoms with van der Waals surface area (Å²) in [5, 5.41) is 0. The largest absolute Gasteiger partial charge is 0.459 e. The minimum absolute atomic E-state index is 0.0840. The smallest absolute Gasteiger partial charge is 0.410 e. The van der Waals surface area contributed by atoms with Crippen molar-refractivity contribution in [2.45, 2.75) is 45.3 Å². The number of hydrogen-bond acceptors (Lipinski definition) is 5. The predicted octanol–water partition coefficient (Wildman–Crippen LogP) is 1.44. The number of ether oxygens (including phenoxy) is 1. The third-order valence-electron chi connectivity index (χ3n) is 3.23. The van der Waals surface area contributed by atoms with Crippen molar-refractivity contribution in [1.82, 2.24) is 15.8 Å². The Morgan fingerprint density at radius 3 is 2.65 bits per heavy atom. The molecule has 1 atom stereocenters. The molecule has 1 aromatic rings. The van der Waals surface area contributed by atoms with Gasteiger partial charge in [0, 0.05) is 6.54 Å². The molecule has 0 aromatic carbocycles. The van der Waals surface area contributed by atoms with Gasteiger partial charge in [0.2, 0.25) is 0 Å². The van der Waals surface area contributed by atoms with E-state index in [-0.39, 0.29) is 5.76 Å². The Kier molecular flexibility index (Phi) is 4.92. The van der Waals surface area contributed by atoms with E-state index in [4.69, 9.17) is 9.15 Å². The molecule has 0 aliphatic carbocycles. The summed E-state index contributed by atoms with van der Waals surface area (Å²) >= 11 is 0. The molecule has 8 heteroatoms. The number of carbonyl (C=O) groups is 3. The average molecular weight is 323 g/mol. The molecule has 0 bridgehead atoms. The highest BCUT2D eigenvalue weighted by molar-refractivity contribution is 5.94. The zero-order valence-electron chi connectivity index (χ0n) is 13.4. The van der Waals surface area contributed by atoms with E-state index in [2.05, 4.69) is 10.9 Å². The van der Waals surface area contributed by atoms with E-state index >= 15 is 0 Å². The maximum absolute atomic E-state index is 12.2. The van der Waals surface area contributed by atoms with Crippen LogP contribution in [0.3, 0.4) is 0 Å². The van der Waals surface area contributed by atoms with Crippen LogP contribution in [0.2, 0.25) is 0 Å². The van der Waals surface area contributed by atoms with Crippen molar-refractivity contribution in [1.29, 1.82) is 0 Å². The lowest BCUT2D eigenvalue weighted by atomic mass is 10.2. The summed E-state index contributed by atoms with van der Waals surface area (Å²) in [7, 11) is 0. The summed E-state index contributed by atoms with van der Waals surface area (Å²) in [4.78, 5) is 37.4. The number of carbonyl (C=O) groups excluding carboxylic acids is 3. The number of nitrogens with zero attached hydrogens (tertiary/aromatic N) is 1. The van der Waals surface area contributed by atoms with E-state index < -0.39 is 29.6 Å². The second-order valence-corrected chi connectivity index (χ2v) is 6.25. The fraction of sp³-hybridized carbons (Fsp3) is 0.533. The molecule has 1 aliphatic heterocycles. The molecule has 0 saturated carbocycles. The molecule has 8 nitrogen and oxygen atoms in total. The van der Waals surface area contributed by atoms with Crippen LogP contribution < -0.4 is 10.9 Å². The van der Waals surface area contributed by atoms with Gasteiger partial charge in [0.1, 0.15) is 11.6 Å². The summed E-state index contributed by atoms with van der Waals surface area (Å²) in [5.74, 6) is -0.945. The highest BCUT2D eigenvalue weighted by Crippen LogP contribution is 2.20. The third-order valence-corrected chi connectivity index (χ3v) is 3.23. The summed E-state index contributed by atoms with van der Waals surface area (Å²) in [6, 6.07) is 2.38. The first-order valence-corrected chi connectivity index (χ1v) is 7.41. The zero-order valence-corrected chi connectivity index (χ0v) is 13.4. The number of furan rings is 1. The lowest BCUT2D eigenvalue weighted by molar-refractivity contribution is -0.126. The number of nitrogens with one attached hydrogen (secondary N) is 2. The Morgan fingerprint density at radius 2 is 2.04 bits per heavy atom. The van der Waals surface area contributed by atoms with Gasteiger partial charge in [-0.2, -0.15) is 0 Å². The minimum Gasteiger partial charge on any atom is -0.459 e. The monoisotopic (exact) mass is 323 g/mol.